The Hall–Kier alpha value is -1.30. The van der Waals surface area contributed by atoms with E-state index in [1.165, 1.54) is 22.3 Å². The van der Waals surface area contributed by atoms with Crippen molar-refractivity contribution in [2.45, 2.75) is 13.3 Å². The van der Waals surface area contributed by atoms with Crippen molar-refractivity contribution in [3.63, 3.8) is 0 Å². The highest BCUT2D eigenvalue weighted by Gasteiger charge is 2.12. The van der Waals surface area contributed by atoms with Crippen LogP contribution in [0.4, 0.5) is 0 Å². The number of allylic oxidation sites excluding steroid dienone is 3. The number of hydrogen-bond donors (Lipinski definition) is 0. The normalized spacial score (nSPS) is 13.9. The number of benzene rings is 1. The molecule has 0 heterocycles. The van der Waals surface area contributed by atoms with E-state index in [1.54, 1.807) is 0 Å². The van der Waals surface area contributed by atoms with Crippen molar-refractivity contribution in [2.75, 3.05) is 0 Å². The van der Waals surface area contributed by atoms with Crippen LogP contribution in [0, 0.1) is 0 Å². The van der Waals surface area contributed by atoms with E-state index in [0.717, 1.165) is 6.42 Å². The van der Waals surface area contributed by atoms with E-state index in [4.69, 9.17) is 0 Å². The van der Waals surface area contributed by atoms with Gasteiger partial charge >= 0.3 is 0 Å². The van der Waals surface area contributed by atoms with Crippen LogP contribution < -0.4 is 0 Å². The molecule has 12 heavy (non-hydrogen) atoms. The zero-order chi connectivity index (χ0) is 8.55. The lowest BCUT2D eigenvalue weighted by atomic mass is 10.0. The van der Waals surface area contributed by atoms with Crippen LogP contribution in [0.1, 0.15) is 18.1 Å². The van der Waals surface area contributed by atoms with Gasteiger partial charge in [-0.15, -0.1) is 0 Å². The van der Waals surface area contributed by atoms with E-state index < -0.39 is 0 Å². The summed E-state index contributed by atoms with van der Waals surface area (Å²) in [7, 11) is 0. The van der Waals surface area contributed by atoms with Crippen LogP contribution in [0.5, 0.6) is 0 Å². The molecule has 0 amide bonds. The van der Waals surface area contributed by atoms with Gasteiger partial charge in [-0.2, -0.15) is 0 Å². The van der Waals surface area contributed by atoms with Crippen molar-refractivity contribution < 1.29 is 0 Å². The molecule has 0 spiro atoms. The molecule has 0 fully saturated rings. The van der Waals surface area contributed by atoms with Gasteiger partial charge in [-0.05, 0) is 30.0 Å². The maximum Gasteiger partial charge on any atom is -0.00820 e. The molecule has 0 heteroatoms. The van der Waals surface area contributed by atoms with Gasteiger partial charge in [-0.3, -0.25) is 0 Å². The predicted octanol–water partition coefficient (Wildman–Crippen LogP) is 3.20. The fourth-order valence-electron chi connectivity index (χ4n) is 1.69. The third-order valence-corrected chi connectivity index (χ3v) is 2.29. The lowest BCUT2D eigenvalue weighted by molar-refractivity contribution is 1.31. The highest BCUT2D eigenvalue weighted by Crippen LogP contribution is 2.31. The van der Waals surface area contributed by atoms with Crippen LogP contribution in [0.15, 0.2) is 42.5 Å². The molecule has 2 rings (SSSR count). The van der Waals surface area contributed by atoms with Gasteiger partial charge in [0.25, 0.3) is 0 Å². The first kappa shape index (κ1) is 7.35. The van der Waals surface area contributed by atoms with Crippen molar-refractivity contribution in [1.29, 1.82) is 0 Å². The second-order valence-corrected chi connectivity index (χ2v) is 3.26. The molecule has 0 bridgehead atoms. The Morgan fingerprint density at radius 2 is 2.08 bits per heavy atom. The molecule has 0 unspecified atom stereocenters. The fraction of sp³-hybridized carbons (Fsp3) is 0.167. The highest BCUT2D eigenvalue weighted by atomic mass is 14.2. The van der Waals surface area contributed by atoms with E-state index in [-0.39, 0.29) is 0 Å². The van der Waals surface area contributed by atoms with Crippen LogP contribution >= 0.6 is 0 Å². The lowest BCUT2D eigenvalue weighted by Gasteiger charge is -2.03. The molecule has 0 atom stereocenters. The van der Waals surface area contributed by atoms with Gasteiger partial charge in [-0.25, -0.2) is 0 Å². The Labute approximate surface area is 73.2 Å². The predicted molar refractivity (Wildman–Crippen MR) is 52.9 cm³/mol. The molecular weight excluding hydrogens is 144 g/mol. The molecule has 1 aromatic rings. The summed E-state index contributed by atoms with van der Waals surface area (Å²) in [6, 6.07) is 8.53. The monoisotopic (exact) mass is 156 g/mol. The van der Waals surface area contributed by atoms with Crippen molar-refractivity contribution in [2.24, 2.45) is 0 Å². The molecule has 60 valence electrons. The van der Waals surface area contributed by atoms with Crippen LogP contribution in [-0.2, 0) is 6.42 Å². The average molecular weight is 156 g/mol. The van der Waals surface area contributed by atoms with E-state index in [2.05, 4.69) is 43.8 Å². The Balaban J connectivity index is 2.52. The first-order valence-electron chi connectivity index (χ1n) is 4.23. The van der Waals surface area contributed by atoms with E-state index in [1.807, 2.05) is 0 Å². The molecule has 0 nitrogen and oxygen atoms in total. The van der Waals surface area contributed by atoms with Crippen LogP contribution in [-0.4, -0.2) is 0 Å². The quantitative estimate of drug-likeness (QED) is 0.585. The minimum atomic E-state index is 1.07. The Morgan fingerprint density at radius 3 is 2.83 bits per heavy atom. The van der Waals surface area contributed by atoms with Gasteiger partial charge in [0, 0.05) is 0 Å². The molecule has 1 aliphatic carbocycles. The summed E-state index contributed by atoms with van der Waals surface area (Å²) in [6.07, 6.45) is 3.32. The second kappa shape index (κ2) is 2.63. The summed E-state index contributed by atoms with van der Waals surface area (Å²) < 4.78 is 0. The maximum absolute atomic E-state index is 3.97. The lowest BCUT2D eigenvalue weighted by Crippen LogP contribution is -1.83. The summed E-state index contributed by atoms with van der Waals surface area (Å²) in [5.41, 5.74) is 5.28. The molecule has 0 radical (unpaired) electrons. The van der Waals surface area contributed by atoms with Crippen LogP contribution in [0.3, 0.4) is 0 Å². The number of fused-ring (bicyclic) bond motifs is 1. The summed E-state index contributed by atoms with van der Waals surface area (Å²) in [4.78, 5) is 0. The molecule has 0 aromatic heterocycles. The molecular formula is C12H12. The summed E-state index contributed by atoms with van der Waals surface area (Å²) in [5, 5.41) is 0. The minimum absolute atomic E-state index is 1.07. The first-order valence-corrected chi connectivity index (χ1v) is 4.23. The molecule has 1 aromatic carbocycles. The Morgan fingerprint density at radius 1 is 1.33 bits per heavy atom. The van der Waals surface area contributed by atoms with Gasteiger partial charge in [0.05, 0.1) is 0 Å². The zero-order valence-corrected chi connectivity index (χ0v) is 7.30. The minimum Gasteiger partial charge on any atom is -0.0955 e. The van der Waals surface area contributed by atoms with Gasteiger partial charge in [0.1, 0.15) is 0 Å². The number of hydrogen-bond acceptors (Lipinski definition) is 0. The Kier molecular flexibility index (Phi) is 1.61. The standard InChI is InChI=1S/C12H12/c1-9(2)11-8-7-10-5-3-4-6-12(10)11/h3-6,8H,1,7H2,2H3. The average Bonchev–Trinajstić information content (AvgIpc) is 2.47. The first-order chi connectivity index (χ1) is 5.79. The SMILES string of the molecule is C=C(C)C1=CCc2ccccc21. The third kappa shape index (κ3) is 1.00. The molecule has 0 aliphatic heterocycles. The summed E-state index contributed by atoms with van der Waals surface area (Å²) >= 11 is 0. The number of rotatable bonds is 1. The Bertz CT molecular complexity index is 356. The van der Waals surface area contributed by atoms with E-state index in [0.29, 0.717) is 0 Å². The molecule has 0 saturated carbocycles. The fourth-order valence-corrected chi connectivity index (χ4v) is 1.69. The topological polar surface area (TPSA) is 0 Å². The molecule has 0 N–H and O–H groups in total. The summed E-state index contributed by atoms with van der Waals surface area (Å²) in [5.74, 6) is 0. The maximum atomic E-state index is 3.97. The van der Waals surface area contributed by atoms with Crippen molar-refractivity contribution in [3.05, 3.63) is 53.6 Å². The smallest absolute Gasteiger partial charge is 0.00820 e. The highest BCUT2D eigenvalue weighted by molar-refractivity contribution is 5.82. The second-order valence-electron chi connectivity index (χ2n) is 3.26. The summed E-state index contributed by atoms with van der Waals surface area (Å²) in [6.45, 7) is 6.03. The van der Waals surface area contributed by atoms with Gasteiger partial charge < -0.3 is 0 Å². The third-order valence-electron chi connectivity index (χ3n) is 2.29. The van der Waals surface area contributed by atoms with Gasteiger partial charge in [-0.1, -0.05) is 42.5 Å². The zero-order valence-electron chi connectivity index (χ0n) is 7.30. The van der Waals surface area contributed by atoms with E-state index in [9.17, 15) is 0 Å². The van der Waals surface area contributed by atoms with Crippen LogP contribution in [0.25, 0.3) is 5.57 Å². The van der Waals surface area contributed by atoms with Gasteiger partial charge in [0.15, 0.2) is 0 Å². The van der Waals surface area contributed by atoms with Gasteiger partial charge in [0.2, 0.25) is 0 Å². The largest absolute Gasteiger partial charge is 0.0955 e. The van der Waals surface area contributed by atoms with Crippen molar-refractivity contribution in [3.8, 4) is 0 Å². The molecule has 1 aliphatic rings. The van der Waals surface area contributed by atoms with Crippen molar-refractivity contribution in [1.82, 2.24) is 0 Å². The molecule has 0 saturated heterocycles. The van der Waals surface area contributed by atoms with Crippen LogP contribution in [0.2, 0.25) is 0 Å². The van der Waals surface area contributed by atoms with E-state index >= 15 is 0 Å². The van der Waals surface area contributed by atoms with Crippen molar-refractivity contribution >= 4 is 5.57 Å².